The molecule has 1 fully saturated rings. The topological polar surface area (TPSA) is 21.3 Å². The van der Waals surface area contributed by atoms with Crippen LogP contribution in [0.25, 0.3) is 0 Å². The predicted octanol–water partition coefficient (Wildman–Crippen LogP) is 2.72. The minimum Gasteiger partial charge on any atom is -0.381 e. The van der Waals surface area contributed by atoms with Crippen molar-refractivity contribution >= 4 is 0 Å². The van der Waals surface area contributed by atoms with Gasteiger partial charge in [-0.3, -0.25) is 0 Å². The molecule has 0 radical (unpaired) electrons. The molecule has 0 aromatic heterocycles. The molecule has 1 unspecified atom stereocenters. The second kappa shape index (κ2) is 7.24. The standard InChI is InChI=1S/C12H25NO/c1-3-6-12(14-2)9-5-10-13-11-7-4-8-11/h11-13H,3-10H2,1-2H3. The molecule has 1 aliphatic carbocycles. The monoisotopic (exact) mass is 199 g/mol. The van der Waals surface area contributed by atoms with Gasteiger partial charge in [0.1, 0.15) is 0 Å². The fourth-order valence-corrected chi connectivity index (χ4v) is 1.95. The van der Waals surface area contributed by atoms with Gasteiger partial charge in [0.15, 0.2) is 0 Å². The van der Waals surface area contributed by atoms with Gasteiger partial charge in [-0.1, -0.05) is 19.8 Å². The molecule has 0 saturated heterocycles. The van der Waals surface area contributed by atoms with Crippen molar-refractivity contribution in [1.29, 1.82) is 0 Å². The second-order valence-corrected chi connectivity index (χ2v) is 4.37. The first-order valence-electron chi connectivity index (χ1n) is 6.13. The summed E-state index contributed by atoms with van der Waals surface area (Å²) in [6, 6.07) is 0.835. The zero-order valence-electron chi connectivity index (χ0n) is 9.72. The highest BCUT2D eigenvalue weighted by Crippen LogP contribution is 2.18. The molecule has 0 amide bonds. The third kappa shape index (κ3) is 4.43. The summed E-state index contributed by atoms with van der Waals surface area (Å²) in [5, 5.41) is 3.59. The average Bonchev–Trinajstić information content (AvgIpc) is 2.13. The molecule has 1 saturated carbocycles. The van der Waals surface area contributed by atoms with Crippen LogP contribution in [0, 0.1) is 0 Å². The molecule has 1 atom stereocenters. The van der Waals surface area contributed by atoms with E-state index in [2.05, 4.69) is 12.2 Å². The molecule has 1 N–H and O–H groups in total. The summed E-state index contributed by atoms with van der Waals surface area (Å²) >= 11 is 0. The van der Waals surface area contributed by atoms with Gasteiger partial charge in [0.25, 0.3) is 0 Å². The van der Waals surface area contributed by atoms with E-state index in [1.165, 1.54) is 51.5 Å². The number of hydrogen-bond acceptors (Lipinski definition) is 2. The van der Waals surface area contributed by atoms with Crippen LogP contribution in [-0.4, -0.2) is 25.8 Å². The van der Waals surface area contributed by atoms with Crippen LogP contribution in [-0.2, 0) is 4.74 Å². The largest absolute Gasteiger partial charge is 0.381 e. The smallest absolute Gasteiger partial charge is 0.0571 e. The fourth-order valence-electron chi connectivity index (χ4n) is 1.95. The number of nitrogens with one attached hydrogen (secondary N) is 1. The average molecular weight is 199 g/mol. The summed E-state index contributed by atoms with van der Waals surface area (Å²) in [5.41, 5.74) is 0. The maximum absolute atomic E-state index is 5.41. The fraction of sp³-hybridized carbons (Fsp3) is 1.00. The number of methoxy groups -OCH3 is 1. The Bertz CT molecular complexity index is 134. The van der Waals surface area contributed by atoms with E-state index >= 15 is 0 Å². The van der Waals surface area contributed by atoms with Crippen LogP contribution >= 0.6 is 0 Å². The van der Waals surface area contributed by atoms with Crippen molar-refractivity contribution in [1.82, 2.24) is 5.32 Å². The summed E-state index contributed by atoms with van der Waals surface area (Å²) in [4.78, 5) is 0. The van der Waals surface area contributed by atoms with Crippen LogP contribution in [0.5, 0.6) is 0 Å². The highest BCUT2D eigenvalue weighted by molar-refractivity contribution is 4.76. The molecule has 0 aliphatic heterocycles. The lowest BCUT2D eigenvalue weighted by atomic mass is 9.93. The van der Waals surface area contributed by atoms with E-state index in [4.69, 9.17) is 4.74 Å². The van der Waals surface area contributed by atoms with E-state index in [1.807, 2.05) is 7.11 Å². The molecule has 14 heavy (non-hydrogen) atoms. The van der Waals surface area contributed by atoms with E-state index in [0.717, 1.165) is 6.04 Å². The Labute approximate surface area is 88.4 Å². The van der Waals surface area contributed by atoms with Crippen LogP contribution in [0.3, 0.4) is 0 Å². The third-order valence-corrected chi connectivity index (χ3v) is 3.19. The van der Waals surface area contributed by atoms with Crippen molar-refractivity contribution in [2.75, 3.05) is 13.7 Å². The summed E-state index contributed by atoms with van der Waals surface area (Å²) in [6.45, 7) is 3.40. The minimum atomic E-state index is 0.489. The van der Waals surface area contributed by atoms with Crippen molar-refractivity contribution in [3.8, 4) is 0 Å². The Hall–Kier alpha value is -0.0800. The van der Waals surface area contributed by atoms with E-state index in [0.29, 0.717) is 6.10 Å². The minimum absolute atomic E-state index is 0.489. The highest BCUT2D eigenvalue weighted by atomic mass is 16.5. The molecule has 84 valence electrons. The first-order valence-corrected chi connectivity index (χ1v) is 6.13. The van der Waals surface area contributed by atoms with Gasteiger partial charge in [-0.2, -0.15) is 0 Å². The summed E-state index contributed by atoms with van der Waals surface area (Å²) in [7, 11) is 1.83. The number of rotatable bonds is 8. The Balaban J connectivity index is 1.89. The number of hydrogen-bond donors (Lipinski definition) is 1. The van der Waals surface area contributed by atoms with Gasteiger partial charge in [0, 0.05) is 13.2 Å². The van der Waals surface area contributed by atoms with Crippen LogP contribution in [0.4, 0.5) is 0 Å². The number of ether oxygens (including phenoxy) is 1. The van der Waals surface area contributed by atoms with Gasteiger partial charge in [-0.05, 0) is 38.6 Å². The predicted molar refractivity (Wildman–Crippen MR) is 60.6 cm³/mol. The van der Waals surface area contributed by atoms with Crippen molar-refractivity contribution in [3.63, 3.8) is 0 Å². The summed E-state index contributed by atoms with van der Waals surface area (Å²) in [5.74, 6) is 0. The Morgan fingerprint density at radius 3 is 2.64 bits per heavy atom. The van der Waals surface area contributed by atoms with Gasteiger partial charge in [0.2, 0.25) is 0 Å². The van der Waals surface area contributed by atoms with Crippen molar-refractivity contribution < 1.29 is 4.74 Å². The summed E-state index contributed by atoms with van der Waals surface area (Å²) in [6.07, 6.45) is 9.61. The van der Waals surface area contributed by atoms with E-state index in [-0.39, 0.29) is 0 Å². The van der Waals surface area contributed by atoms with Gasteiger partial charge in [-0.15, -0.1) is 0 Å². The van der Waals surface area contributed by atoms with Crippen LogP contribution in [0.15, 0.2) is 0 Å². The van der Waals surface area contributed by atoms with E-state index in [1.54, 1.807) is 0 Å². The first kappa shape index (κ1) is 12.0. The molecule has 1 rings (SSSR count). The van der Waals surface area contributed by atoms with Crippen LogP contribution in [0.1, 0.15) is 51.9 Å². The molecule has 0 aromatic rings. The molecule has 0 heterocycles. The van der Waals surface area contributed by atoms with Crippen molar-refractivity contribution in [3.05, 3.63) is 0 Å². The lowest BCUT2D eigenvalue weighted by Gasteiger charge is -2.26. The maximum Gasteiger partial charge on any atom is 0.0571 e. The Morgan fingerprint density at radius 2 is 2.14 bits per heavy atom. The molecular weight excluding hydrogens is 174 g/mol. The normalized spacial score (nSPS) is 19.3. The SMILES string of the molecule is CCCC(CCCNC1CCC1)OC. The molecule has 2 heteroatoms. The van der Waals surface area contributed by atoms with Gasteiger partial charge >= 0.3 is 0 Å². The molecule has 0 aromatic carbocycles. The van der Waals surface area contributed by atoms with E-state index < -0.39 is 0 Å². The lowest BCUT2D eigenvalue weighted by molar-refractivity contribution is 0.0851. The zero-order valence-corrected chi connectivity index (χ0v) is 9.72. The van der Waals surface area contributed by atoms with Crippen LogP contribution < -0.4 is 5.32 Å². The Kier molecular flexibility index (Phi) is 6.20. The zero-order chi connectivity index (χ0) is 10.2. The van der Waals surface area contributed by atoms with Gasteiger partial charge < -0.3 is 10.1 Å². The van der Waals surface area contributed by atoms with E-state index in [9.17, 15) is 0 Å². The van der Waals surface area contributed by atoms with Gasteiger partial charge in [0.05, 0.1) is 6.10 Å². The molecule has 0 spiro atoms. The molecular formula is C12H25NO. The van der Waals surface area contributed by atoms with Gasteiger partial charge in [-0.25, -0.2) is 0 Å². The molecule has 1 aliphatic rings. The van der Waals surface area contributed by atoms with Crippen LogP contribution in [0.2, 0.25) is 0 Å². The van der Waals surface area contributed by atoms with Crippen molar-refractivity contribution in [2.24, 2.45) is 0 Å². The first-order chi connectivity index (χ1) is 6.86. The lowest BCUT2D eigenvalue weighted by Crippen LogP contribution is -2.35. The third-order valence-electron chi connectivity index (χ3n) is 3.19. The summed E-state index contributed by atoms with van der Waals surface area (Å²) < 4.78 is 5.41. The highest BCUT2D eigenvalue weighted by Gasteiger charge is 2.15. The molecule has 2 nitrogen and oxygen atoms in total. The Morgan fingerprint density at radius 1 is 1.36 bits per heavy atom. The molecule has 0 bridgehead atoms. The van der Waals surface area contributed by atoms with Crippen molar-refractivity contribution in [2.45, 2.75) is 64.0 Å². The maximum atomic E-state index is 5.41. The quantitative estimate of drug-likeness (QED) is 0.607. The second-order valence-electron chi connectivity index (χ2n) is 4.37.